The minimum Gasteiger partial charge on any atom is -0.486 e. The van der Waals surface area contributed by atoms with Crippen molar-refractivity contribution in [3.63, 3.8) is 0 Å². The third-order valence-corrected chi connectivity index (χ3v) is 6.25. The molecule has 1 saturated heterocycles. The molecule has 1 aliphatic carbocycles. The van der Waals surface area contributed by atoms with Crippen molar-refractivity contribution in [3.05, 3.63) is 65.4 Å². The number of ether oxygens (including phenoxy) is 2. The van der Waals surface area contributed by atoms with Gasteiger partial charge in [0.15, 0.2) is 0 Å². The van der Waals surface area contributed by atoms with Crippen LogP contribution in [0.4, 0.5) is 0 Å². The fourth-order valence-corrected chi connectivity index (χ4v) is 4.45. The van der Waals surface area contributed by atoms with Crippen LogP contribution in [0.3, 0.4) is 0 Å². The van der Waals surface area contributed by atoms with Crippen LogP contribution in [-0.2, 0) is 11.2 Å². The Balaban J connectivity index is 1.32. The van der Waals surface area contributed by atoms with Crippen molar-refractivity contribution >= 4 is 17.1 Å². The number of likely N-dealkylation sites (tertiary alicyclic amines) is 1. The fraction of sp³-hybridized carbons (Fsp3) is 0.360. The predicted molar refractivity (Wildman–Crippen MR) is 120 cm³/mol. The summed E-state index contributed by atoms with van der Waals surface area (Å²) >= 11 is 0. The third-order valence-electron chi connectivity index (χ3n) is 6.25. The summed E-state index contributed by atoms with van der Waals surface area (Å²) in [6.07, 6.45) is 9.47. The molecule has 0 radical (unpaired) electrons. The predicted octanol–water partition coefficient (Wildman–Crippen LogP) is 4.17. The van der Waals surface area contributed by atoms with Gasteiger partial charge in [0.25, 0.3) is 0 Å². The van der Waals surface area contributed by atoms with Crippen LogP contribution in [0.5, 0.6) is 5.75 Å². The Morgan fingerprint density at radius 2 is 2.13 bits per heavy atom. The Bertz CT molecular complexity index is 1150. The Hall–Kier alpha value is -3.14. The van der Waals surface area contributed by atoms with Crippen LogP contribution in [-0.4, -0.2) is 47.5 Å². The van der Waals surface area contributed by atoms with E-state index < -0.39 is 0 Å². The SMILES string of the molecule is COC1CN(CC=Cn2ncc3ccc(OC4CCCc5cc(C#N)ccc54)cc32)C1. The van der Waals surface area contributed by atoms with E-state index in [0.29, 0.717) is 11.7 Å². The molecule has 1 aliphatic heterocycles. The van der Waals surface area contributed by atoms with E-state index in [-0.39, 0.29) is 6.10 Å². The molecule has 0 N–H and O–H groups in total. The number of rotatable bonds is 6. The molecule has 0 spiro atoms. The van der Waals surface area contributed by atoms with E-state index in [4.69, 9.17) is 9.47 Å². The Labute approximate surface area is 182 Å². The lowest BCUT2D eigenvalue weighted by Gasteiger charge is -2.37. The highest BCUT2D eigenvalue weighted by Gasteiger charge is 2.25. The van der Waals surface area contributed by atoms with Gasteiger partial charge in [0.05, 0.1) is 29.5 Å². The molecule has 0 bridgehead atoms. The highest BCUT2D eigenvalue weighted by atomic mass is 16.5. The van der Waals surface area contributed by atoms with E-state index in [9.17, 15) is 5.26 Å². The molecule has 2 aliphatic rings. The largest absolute Gasteiger partial charge is 0.486 e. The normalized spacial score (nSPS) is 19.3. The second-order valence-electron chi connectivity index (χ2n) is 8.29. The molecule has 2 heterocycles. The molecule has 2 aromatic carbocycles. The molecular weight excluding hydrogens is 388 g/mol. The van der Waals surface area contributed by atoms with Crippen LogP contribution >= 0.6 is 0 Å². The fourth-order valence-electron chi connectivity index (χ4n) is 4.45. The van der Waals surface area contributed by atoms with Crippen molar-refractivity contribution in [2.45, 2.75) is 31.5 Å². The van der Waals surface area contributed by atoms with E-state index in [0.717, 1.165) is 55.5 Å². The molecule has 5 rings (SSSR count). The van der Waals surface area contributed by atoms with E-state index in [1.807, 2.05) is 41.3 Å². The number of aryl methyl sites for hydroxylation is 1. The quantitative estimate of drug-likeness (QED) is 0.606. The first-order valence-electron chi connectivity index (χ1n) is 10.8. The first-order chi connectivity index (χ1) is 15.2. The number of methoxy groups -OCH3 is 1. The van der Waals surface area contributed by atoms with Gasteiger partial charge >= 0.3 is 0 Å². The number of nitriles is 1. The number of fused-ring (bicyclic) bond motifs is 2. The number of nitrogens with zero attached hydrogens (tertiary/aromatic N) is 4. The molecule has 3 aromatic rings. The summed E-state index contributed by atoms with van der Waals surface area (Å²) < 4.78 is 13.6. The molecule has 6 heteroatoms. The summed E-state index contributed by atoms with van der Waals surface area (Å²) in [4.78, 5) is 2.34. The molecule has 0 saturated carbocycles. The first-order valence-corrected chi connectivity index (χ1v) is 10.8. The second kappa shape index (κ2) is 8.54. The smallest absolute Gasteiger partial charge is 0.124 e. The van der Waals surface area contributed by atoms with Crippen LogP contribution in [0.15, 0.2) is 48.7 Å². The summed E-state index contributed by atoms with van der Waals surface area (Å²) in [5.41, 5.74) is 4.17. The van der Waals surface area contributed by atoms with E-state index >= 15 is 0 Å². The molecule has 6 nitrogen and oxygen atoms in total. The topological polar surface area (TPSA) is 63.3 Å². The summed E-state index contributed by atoms with van der Waals surface area (Å²) in [6.45, 7) is 2.86. The lowest BCUT2D eigenvalue weighted by molar-refractivity contribution is -0.0232. The van der Waals surface area contributed by atoms with Crippen LogP contribution in [0.25, 0.3) is 17.1 Å². The summed E-state index contributed by atoms with van der Waals surface area (Å²) in [5, 5.41) is 14.8. The second-order valence-corrected chi connectivity index (χ2v) is 8.29. The van der Waals surface area contributed by atoms with Crippen LogP contribution in [0.2, 0.25) is 0 Å². The van der Waals surface area contributed by atoms with E-state index in [2.05, 4.69) is 34.3 Å². The van der Waals surface area contributed by atoms with Gasteiger partial charge in [0.2, 0.25) is 0 Å². The lowest BCUT2D eigenvalue weighted by Crippen LogP contribution is -2.51. The molecule has 0 amide bonds. The summed E-state index contributed by atoms with van der Waals surface area (Å²) in [7, 11) is 1.77. The molecule has 31 heavy (non-hydrogen) atoms. The van der Waals surface area contributed by atoms with Crippen molar-refractivity contribution in [3.8, 4) is 11.8 Å². The van der Waals surface area contributed by atoms with Crippen molar-refractivity contribution < 1.29 is 9.47 Å². The standard InChI is InChI=1S/C25H26N4O2/c1-30-22-16-28(17-22)10-3-11-29-24-13-21(8-7-20(24)15-27-29)31-25-5-2-4-19-12-18(14-26)6-9-23(19)25/h3,6-9,11-13,15,22,25H,2,4-5,10,16-17H2,1H3. The van der Waals surface area contributed by atoms with Crippen LogP contribution < -0.4 is 4.74 Å². The van der Waals surface area contributed by atoms with Gasteiger partial charge in [0, 0.05) is 44.4 Å². The van der Waals surface area contributed by atoms with Gasteiger partial charge in [-0.05, 0) is 54.7 Å². The number of aromatic nitrogens is 2. The average molecular weight is 415 g/mol. The van der Waals surface area contributed by atoms with Crippen molar-refractivity contribution in [1.82, 2.24) is 14.7 Å². The summed E-state index contributed by atoms with van der Waals surface area (Å²) in [5.74, 6) is 0.843. The molecule has 158 valence electrons. The minimum absolute atomic E-state index is 0.0148. The number of hydrogen-bond donors (Lipinski definition) is 0. The van der Waals surface area contributed by atoms with Crippen molar-refractivity contribution in [2.24, 2.45) is 0 Å². The molecular formula is C25H26N4O2. The van der Waals surface area contributed by atoms with Gasteiger partial charge < -0.3 is 9.47 Å². The van der Waals surface area contributed by atoms with Gasteiger partial charge in [0.1, 0.15) is 11.9 Å². The maximum absolute atomic E-state index is 9.18. The first kappa shape index (κ1) is 19.8. The Kier molecular flexibility index (Phi) is 5.46. The highest BCUT2D eigenvalue weighted by Crippen LogP contribution is 2.35. The van der Waals surface area contributed by atoms with Gasteiger partial charge in [-0.25, -0.2) is 4.68 Å². The van der Waals surface area contributed by atoms with Crippen LogP contribution in [0.1, 0.15) is 35.6 Å². The number of benzene rings is 2. The maximum atomic E-state index is 9.18. The highest BCUT2D eigenvalue weighted by molar-refractivity contribution is 5.81. The Morgan fingerprint density at radius 1 is 1.23 bits per heavy atom. The molecule has 1 unspecified atom stereocenters. The van der Waals surface area contributed by atoms with Gasteiger partial charge in [-0.2, -0.15) is 10.4 Å². The zero-order valence-corrected chi connectivity index (χ0v) is 17.7. The van der Waals surface area contributed by atoms with Gasteiger partial charge in [-0.3, -0.25) is 4.90 Å². The lowest BCUT2D eigenvalue weighted by atomic mass is 9.88. The molecule has 1 aromatic heterocycles. The van der Waals surface area contributed by atoms with E-state index in [1.54, 1.807) is 7.11 Å². The minimum atomic E-state index is 0.0148. The zero-order chi connectivity index (χ0) is 21.2. The van der Waals surface area contributed by atoms with E-state index in [1.165, 1.54) is 11.1 Å². The summed E-state index contributed by atoms with van der Waals surface area (Å²) in [6, 6.07) is 14.3. The Morgan fingerprint density at radius 3 is 2.97 bits per heavy atom. The molecule has 1 fully saturated rings. The zero-order valence-electron chi connectivity index (χ0n) is 17.7. The average Bonchev–Trinajstić information content (AvgIpc) is 3.17. The van der Waals surface area contributed by atoms with Crippen molar-refractivity contribution in [2.75, 3.05) is 26.7 Å². The molecule has 1 atom stereocenters. The number of hydrogen-bond acceptors (Lipinski definition) is 5. The third kappa shape index (κ3) is 4.07. The van der Waals surface area contributed by atoms with Crippen molar-refractivity contribution in [1.29, 1.82) is 5.26 Å². The maximum Gasteiger partial charge on any atom is 0.124 e. The van der Waals surface area contributed by atoms with Gasteiger partial charge in [-0.1, -0.05) is 12.1 Å². The monoisotopic (exact) mass is 414 g/mol. The van der Waals surface area contributed by atoms with Crippen LogP contribution in [0, 0.1) is 11.3 Å². The van der Waals surface area contributed by atoms with Gasteiger partial charge in [-0.15, -0.1) is 0 Å².